The Morgan fingerprint density at radius 2 is 2.08 bits per heavy atom. The SMILES string of the molecule is CN1CC[C@H](N(C)C(=O)N2CC=C(c3cc(F)ccc3F)C2)[C@H](F)C1. The first-order chi connectivity index (χ1) is 11.9. The van der Waals surface area contributed by atoms with Gasteiger partial charge in [0, 0.05) is 38.8 Å². The Bertz CT molecular complexity index is 694. The summed E-state index contributed by atoms with van der Waals surface area (Å²) >= 11 is 0. The molecule has 1 saturated heterocycles. The smallest absolute Gasteiger partial charge is 0.320 e. The lowest BCUT2D eigenvalue weighted by Gasteiger charge is -2.39. The molecule has 2 amide bonds. The molecule has 2 aliphatic heterocycles. The van der Waals surface area contributed by atoms with Crippen LogP contribution < -0.4 is 0 Å². The highest BCUT2D eigenvalue weighted by Crippen LogP contribution is 2.26. The summed E-state index contributed by atoms with van der Waals surface area (Å²) in [6, 6.07) is 2.52. The summed E-state index contributed by atoms with van der Waals surface area (Å²) in [6.45, 7) is 1.53. The van der Waals surface area contributed by atoms with Crippen molar-refractivity contribution in [1.29, 1.82) is 0 Å². The van der Waals surface area contributed by atoms with Crippen LogP contribution in [0.25, 0.3) is 5.57 Å². The van der Waals surface area contributed by atoms with Gasteiger partial charge in [-0.25, -0.2) is 18.0 Å². The standard InChI is InChI=1S/C18H22F3N3O/c1-22-7-6-17(16(21)11-22)23(2)18(25)24-8-5-12(10-24)14-9-13(19)3-4-15(14)20/h3-5,9,16-17H,6-8,10-11H2,1-2H3/t16-,17+/m1/s1. The Balaban J connectivity index is 1.66. The van der Waals surface area contributed by atoms with E-state index >= 15 is 0 Å². The van der Waals surface area contributed by atoms with Crippen molar-refractivity contribution < 1.29 is 18.0 Å². The molecule has 136 valence electrons. The minimum atomic E-state index is -1.09. The van der Waals surface area contributed by atoms with Gasteiger partial charge in [-0.15, -0.1) is 0 Å². The van der Waals surface area contributed by atoms with E-state index < -0.39 is 23.8 Å². The average molecular weight is 353 g/mol. The second-order valence-corrected chi connectivity index (χ2v) is 6.76. The van der Waals surface area contributed by atoms with Crippen molar-refractivity contribution in [3.05, 3.63) is 41.5 Å². The number of carbonyl (C=O) groups is 1. The first-order valence-electron chi connectivity index (χ1n) is 8.35. The number of carbonyl (C=O) groups excluding carboxylic acids is 1. The Morgan fingerprint density at radius 1 is 1.32 bits per heavy atom. The normalized spacial score (nSPS) is 24.4. The van der Waals surface area contributed by atoms with Crippen LogP contribution in [0.1, 0.15) is 12.0 Å². The molecule has 1 aromatic carbocycles. The summed E-state index contributed by atoms with van der Waals surface area (Å²) in [5.74, 6) is -1.04. The van der Waals surface area contributed by atoms with E-state index in [0.717, 1.165) is 24.7 Å². The van der Waals surface area contributed by atoms with E-state index in [9.17, 15) is 18.0 Å². The fraction of sp³-hybridized carbons (Fsp3) is 0.500. The number of hydrogen-bond acceptors (Lipinski definition) is 2. The number of piperidine rings is 1. The molecule has 3 rings (SSSR count). The molecular formula is C18H22F3N3O. The summed E-state index contributed by atoms with van der Waals surface area (Å²) < 4.78 is 41.6. The Hall–Kier alpha value is -2.02. The number of urea groups is 1. The predicted octanol–water partition coefficient (Wildman–Crippen LogP) is 2.76. The number of likely N-dealkylation sites (tertiary alicyclic amines) is 1. The van der Waals surface area contributed by atoms with Crippen LogP contribution in [0.2, 0.25) is 0 Å². The van der Waals surface area contributed by atoms with E-state index in [2.05, 4.69) is 0 Å². The molecule has 7 heteroatoms. The van der Waals surface area contributed by atoms with Crippen molar-refractivity contribution in [3.8, 4) is 0 Å². The fourth-order valence-corrected chi connectivity index (χ4v) is 3.48. The van der Waals surface area contributed by atoms with Crippen molar-refractivity contribution in [3.63, 3.8) is 0 Å². The third-order valence-corrected chi connectivity index (χ3v) is 4.97. The fourth-order valence-electron chi connectivity index (χ4n) is 3.48. The third-order valence-electron chi connectivity index (χ3n) is 4.97. The molecule has 2 aliphatic rings. The van der Waals surface area contributed by atoms with Gasteiger partial charge in [-0.1, -0.05) is 6.08 Å². The van der Waals surface area contributed by atoms with Gasteiger partial charge < -0.3 is 14.7 Å². The first kappa shape index (κ1) is 17.8. The molecule has 0 aliphatic carbocycles. The number of halogens is 3. The quantitative estimate of drug-likeness (QED) is 0.817. The molecule has 0 radical (unpaired) electrons. The number of amides is 2. The summed E-state index contributed by atoms with van der Waals surface area (Å²) in [5, 5.41) is 0. The van der Waals surface area contributed by atoms with Crippen LogP contribution in [0, 0.1) is 11.6 Å². The molecule has 0 unspecified atom stereocenters. The van der Waals surface area contributed by atoms with E-state index in [1.807, 2.05) is 11.9 Å². The van der Waals surface area contributed by atoms with Gasteiger partial charge in [0.25, 0.3) is 0 Å². The molecular weight excluding hydrogens is 331 g/mol. The minimum absolute atomic E-state index is 0.167. The van der Waals surface area contributed by atoms with Gasteiger partial charge in [-0.05, 0) is 37.2 Å². The Morgan fingerprint density at radius 3 is 2.80 bits per heavy atom. The average Bonchev–Trinajstić information content (AvgIpc) is 3.05. The van der Waals surface area contributed by atoms with Gasteiger partial charge >= 0.3 is 6.03 Å². The van der Waals surface area contributed by atoms with Crippen LogP contribution >= 0.6 is 0 Å². The lowest BCUT2D eigenvalue weighted by atomic mass is 10.0. The lowest BCUT2D eigenvalue weighted by molar-refractivity contribution is 0.0633. The topological polar surface area (TPSA) is 26.8 Å². The highest BCUT2D eigenvalue weighted by atomic mass is 19.1. The highest BCUT2D eigenvalue weighted by molar-refractivity contribution is 5.81. The van der Waals surface area contributed by atoms with Gasteiger partial charge in [-0.2, -0.15) is 0 Å². The van der Waals surface area contributed by atoms with Crippen molar-refractivity contribution >= 4 is 11.6 Å². The summed E-state index contributed by atoms with van der Waals surface area (Å²) in [6.07, 6.45) is 1.20. The van der Waals surface area contributed by atoms with Gasteiger partial charge in [0.15, 0.2) is 0 Å². The van der Waals surface area contributed by atoms with Gasteiger partial charge in [0.05, 0.1) is 6.04 Å². The van der Waals surface area contributed by atoms with Gasteiger partial charge in [-0.3, -0.25) is 0 Å². The molecule has 0 spiro atoms. The van der Waals surface area contributed by atoms with Crippen LogP contribution in [0.15, 0.2) is 24.3 Å². The molecule has 1 fully saturated rings. The highest BCUT2D eigenvalue weighted by Gasteiger charge is 2.35. The summed E-state index contributed by atoms with van der Waals surface area (Å²) in [5.41, 5.74) is 0.736. The van der Waals surface area contributed by atoms with Crippen molar-refractivity contribution in [2.24, 2.45) is 0 Å². The maximum atomic E-state index is 14.3. The largest absolute Gasteiger partial charge is 0.322 e. The third kappa shape index (κ3) is 3.66. The summed E-state index contributed by atoms with van der Waals surface area (Å²) in [4.78, 5) is 17.5. The number of benzene rings is 1. The molecule has 0 saturated carbocycles. The monoisotopic (exact) mass is 353 g/mol. The number of hydrogen-bond donors (Lipinski definition) is 0. The van der Waals surface area contributed by atoms with Crippen molar-refractivity contribution in [2.75, 3.05) is 40.3 Å². The zero-order valence-electron chi connectivity index (χ0n) is 14.4. The summed E-state index contributed by atoms with van der Waals surface area (Å²) in [7, 11) is 3.46. The molecule has 25 heavy (non-hydrogen) atoms. The second kappa shape index (κ2) is 7.07. The first-order valence-corrected chi connectivity index (χ1v) is 8.35. The van der Waals surface area contributed by atoms with Crippen molar-refractivity contribution in [2.45, 2.75) is 18.6 Å². The van der Waals surface area contributed by atoms with Crippen LogP contribution in [-0.4, -0.2) is 73.2 Å². The Kier molecular flexibility index (Phi) is 5.03. The van der Waals surface area contributed by atoms with E-state index in [-0.39, 0.29) is 18.1 Å². The maximum Gasteiger partial charge on any atom is 0.320 e. The second-order valence-electron chi connectivity index (χ2n) is 6.76. The van der Waals surface area contributed by atoms with Crippen molar-refractivity contribution in [1.82, 2.24) is 14.7 Å². The van der Waals surface area contributed by atoms with E-state index in [4.69, 9.17) is 0 Å². The molecule has 4 nitrogen and oxygen atoms in total. The molecule has 0 aromatic heterocycles. The van der Waals surface area contributed by atoms with E-state index in [1.54, 1.807) is 13.1 Å². The molecule has 0 N–H and O–H groups in total. The molecule has 2 atom stereocenters. The molecule has 2 heterocycles. The number of rotatable bonds is 2. The van der Waals surface area contributed by atoms with Crippen LogP contribution in [0.5, 0.6) is 0 Å². The zero-order chi connectivity index (χ0) is 18.1. The zero-order valence-corrected chi connectivity index (χ0v) is 14.4. The van der Waals surface area contributed by atoms with E-state index in [0.29, 0.717) is 25.1 Å². The van der Waals surface area contributed by atoms with Crippen LogP contribution in [0.3, 0.4) is 0 Å². The number of alkyl halides is 1. The molecule has 1 aromatic rings. The maximum absolute atomic E-state index is 14.3. The van der Waals surface area contributed by atoms with Crippen LogP contribution in [0.4, 0.5) is 18.0 Å². The van der Waals surface area contributed by atoms with Gasteiger partial charge in [0.1, 0.15) is 17.8 Å². The van der Waals surface area contributed by atoms with Gasteiger partial charge in [0.2, 0.25) is 0 Å². The predicted molar refractivity (Wildman–Crippen MR) is 89.9 cm³/mol. The van der Waals surface area contributed by atoms with E-state index in [1.165, 1.54) is 9.80 Å². The van der Waals surface area contributed by atoms with Crippen LogP contribution in [-0.2, 0) is 0 Å². The minimum Gasteiger partial charge on any atom is -0.322 e. The lowest BCUT2D eigenvalue weighted by Crippen LogP contribution is -2.54. The molecule has 0 bridgehead atoms. The Labute approximate surface area is 145 Å². The number of nitrogens with zero attached hydrogens (tertiary/aromatic N) is 3.